The van der Waals surface area contributed by atoms with Gasteiger partial charge in [-0.05, 0) is 37.6 Å². The molecule has 1 fully saturated rings. The molecule has 0 aromatic heterocycles. The minimum absolute atomic E-state index is 0.134. The second-order valence-corrected chi connectivity index (χ2v) is 6.87. The lowest BCUT2D eigenvalue weighted by atomic mass is 10.2. The average molecular weight is 337 g/mol. The first-order valence-electron chi connectivity index (χ1n) is 5.67. The molecule has 1 saturated heterocycles. The molecule has 4 nitrogen and oxygen atoms in total. The van der Waals surface area contributed by atoms with E-state index in [0.29, 0.717) is 4.47 Å². The summed E-state index contributed by atoms with van der Waals surface area (Å²) in [5.41, 5.74) is 0. The van der Waals surface area contributed by atoms with E-state index in [1.807, 2.05) is 0 Å². The maximum atomic E-state index is 13.5. The van der Waals surface area contributed by atoms with Crippen LogP contribution in [0.4, 0.5) is 4.39 Å². The van der Waals surface area contributed by atoms with Crippen LogP contribution in [0.1, 0.15) is 12.8 Å². The molecule has 2 rings (SSSR count). The van der Waals surface area contributed by atoms with Crippen molar-refractivity contribution in [3.63, 3.8) is 0 Å². The summed E-state index contributed by atoms with van der Waals surface area (Å²) in [4.78, 5) is -0.324. The molecule has 1 aromatic carbocycles. The fourth-order valence-electron chi connectivity index (χ4n) is 1.90. The van der Waals surface area contributed by atoms with Gasteiger partial charge < -0.3 is 5.32 Å². The number of hydrogen-bond donors (Lipinski definition) is 2. The van der Waals surface area contributed by atoms with Gasteiger partial charge in [0, 0.05) is 17.1 Å². The molecular weight excluding hydrogens is 323 g/mol. The summed E-state index contributed by atoms with van der Waals surface area (Å²) in [6.45, 7) is 1.19. The Morgan fingerprint density at radius 1 is 1.50 bits per heavy atom. The molecule has 1 heterocycles. The molecule has 0 bridgehead atoms. The van der Waals surface area contributed by atoms with Crippen LogP contribution in [0.25, 0.3) is 0 Å². The van der Waals surface area contributed by atoms with Crippen LogP contribution in [0, 0.1) is 5.82 Å². The third-order valence-corrected chi connectivity index (χ3v) is 4.80. The summed E-state index contributed by atoms with van der Waals surface area (Å²) in [7, 11) is -3.80. The highest BCUT2D eigenvalue weighted by molar-refractivity contribution is 9.10. The minimum atomic E-state index is -3.80. The molecule has 1 aromatic rings. The van der Waals surface area contributed by atoms with Gasteiger partial charge >= 0.3 is 0 Å². The first-order valence-corrected chi connectivity index (χ1v) is 7.95. The van der Waals surface area contributed by atoms with Crippen molar-refractivity contribution in [3.05, 3.63) is 28.5 Å². The third-order valence-electron chi connectivity index (χ3n) is 2.86. The third kappa shape index (κ3) is 3.28. The molecule has 1 atom stereocenters. The van der Waals surface area contributed by atoms with Crippen molar-refractivity contribution < 1.29 is 12.8 Å². The SMILES string of the molecule is O=S(=O)(NCC1CCCN1)c1cc(Br)ccc1F. The Morgan fingerprint density at radius 3 is 2.94 bits per heavy atom. The van der Waals surface area contributed by atoms with Gasteiger partial charge in [0.15, 0.2) is 0 Å². The van der Waals surface area contributed by atoms with Crippen LogP contribution in [0.15, 0.2) is 27.6 Å². The maximum absolute atomic E-state index is 13.5. The molecule has 2 N–H and O–H groups in total. The maximum Gasteiger partial charge on any atom is 0.243 e. The topological polar surface area (TPSA) is 58.2 Å². The number of rotatable bonds is 4. The second kappa shape index (κ2) is 5.64. The molecule has 1 aliphatic heterocycles. The highest BCUT2D eigenvalue weighted by Gasteiger charge is 2.22. The molecule has 0 amide bonds. The van der Waals surface area contributed by atoms with Crippen molar-refractivity contribution in [1.82, 2.24) is 10.0 Å². The Kier molecular flexibility index (Phi) is 4.37. The van der Waals surface area contributed by atoms with Crippen molar-refractivity contribution in [3.8, 4) is 0 Å². The Hall–Kier alpha value is -0.500. The number of benzene rings is 1. The van der Waals surface area contributed by atoms with Gasteiger partial charge in [-0.1, -0.05) is 15.9 Å². The Bertz CT molecular complexity index is 530. The zero-order valence-electron chi connectivity index (χ0n) is 9.62. The fraction of sp³-hybridized carbons (Fsp3) is 0.455. The predicted octanol–water partition coefficient (Wildman–Crippen LogP) is 1.62. The molecule has 0 saturated carbocycles. The van der Waals surface area contributed by atoms with E-state index in [4.69, 9.17) is 0 Å². The average Bonchev–Trinajstić information content (AvgIpc) is 2.83. The standard InChI is InChI=1S/C11H14BrFN2O2S/c12-8-3-4-10(13)11(6-8)18(16,17)15-7-9-2-1-5-14-9/h3-4,6,9,14-15H,1-2,5,7H2. The predicted molar refractivity (Wildman–Crippen MR) is 70.3 cm³/mol. The quantitative estimate of drug-likeness (QED) is 0.878. The fourth-order valence-corrected chi connectivity index (χ4v) is 3.60. The van der Waals surface area contributed by atoms with E-state index in [1.165, 1.54) is 12.1 Å². The van der Waals surface area contributed by atoms with E-state index < -0.39 is 15.8 Å². The van der Waals surface area contributed by atoms with E-state index in [0.717, 1.165) is 25.5 Å². The largest absolute Gasteiger partial charge is 0.313 e. The molecule has 18 heavy (non-hydrogen) atoms. The molecule has 7 heteroatoms. The van der Waals surface area contributed by atoms with Gasteiger partial charge in [0.05, 0.1) is 0 Å². The van der Waals surface area contributed by atoms with Crippen molar-refractivity contribution in [1.29, 1.82) is 0 Å². The number of nitrogens with one attached hydrogen (secondary N) is 2. The first kappa shape index (κ1) is 13.9. The zero-order chi connectivity index (χ0) is 13.2. The highest BCUT2D eigenvalue weighted by atomic mass is 79.9. The lowest BCUT2D eigenvalue weighted by molar-refractivity contribution is 0.538. The molecule has 0 spiro atoms. The summed E-state index contributed by atoms with van der Waals surface area (Å²) in [5.74, 6) is -0.745. The van der Waals surface area contributed by atoms with Crippen molar-refractivity contribution >= 4 is 26.0 Å². The lowest BCUT2D eigenvalue weighted by Crippen LogP contribution is -2.37. The number of sulfonamides is 1. The summed E-state index contributed by atoms with van der Waals surface area (Å²) in [6.07, 6.45) is 1.97. The molecular formula is C11H14BrFN2O2S. The van der Waals surface area contributed by atoms with Crippen LogP contribution in [-0.2, 0) is 10.0 Å². The van der Waals surface area contributed by atoms with E-state index in [2.05, 4.69) is 26.0 Å². The van der Waals surface area contributed by atoms with Crippen LogP contribution in [0.3, 0.4) is 0 Å². The second-order valence-electron chi connectivity index (χ2n) is 4.22. The van der Waals surface area contributed by atoms with Crippen molar-refractivity contribution in [2.75, 3.05) is 13.1 Å². The minimum Gasteiger partial charge on any atom is -0.313 e. The van der Waals surface area contributed by atoms with E-state index >= 15 is 0 Å². The Balaban J connectivity index is 2.12. The summed E-state index contributed by atoms with van der Waals surface area (Å²) >= 11 is 3.13. The summed E-state index contributed by atoms with van der Waals surface area (Å²) in [5, 5.41) is 3.18. The van der Waals surface area contributed by atoms with E-state index in [-0.39, 0.29) is 17.5 Å². The van der Waals surface area contributed by atoms with Crippen molar-refractivity contribution in [2.24, 2.45) is 0 Å². The molecule has 0 aliphatic carbocycles. The summed E-state index contributed by atoms with van der Waals surface area (Å²) in [6, 6.07) is 3.99. The normalized spacial score (nSPS) is 20.2. The van der Waals surface area contributed by atoms with Gasteiger partial charge in [0.1, 0.15) is 10.7 Å². The molecule has 100 valence electrons. The highest BCUT2D eigenvalue weighted by Crippen LogP contribution is 2.20. The van der Waals surface area contributed by atoms with Gasteiger partial charge in [0.2, 0.25) is 10.0 Å². The van der Waals surface area contributed by atoms with Gasteiger partial charge in [-0.2, -0.15) is 0 Å². The summed E-state index contributed by atoms with van der Waals surface area (Å²) < 4.78 is 40.4. The van der Waals surface area contributed by atoms with Crippen LogP contribution in [-0.4, -0.2) is 27.5 Å². The van der Waals surface area contributed by atoms with E-state index in [1.54, 1.807) is 0 Å². The lowest BCUT2D eigenvalue weighted by Gasteiger charge is -2.12. The van der Waals surface area contributed by atoms with Gasteiger partial charge in [-0.3, -0.25) is 0 Å². The number of halogens is 2. The monoisotopic (exact) mass is 336 g/mol. The van der Waals surface area contributed by atoms with Crippen LogP contribution in [0.5, 0.6) is 0 Å². The van der Waals surface area contributed by atoms with Gasteiger partial charge in [0.25, 0.3) is 0 Å². The van der Waals surface area contributed by atoms with Crippen LogP contribution in [0.2, 0.25) is 0 Å². The van der Waals surface area contributed by atoms with Gasteiger partial charge in [-0.15, -0.1) is 0 Å². The molecule has 0 radical (unpaired) electrons. The van der Waals surface area contributed by atoms with E-state index in [9.17, 15) is 12.8 Å². The molecule has 1 aliphatic rings. The van der Waals surface area contributed by atoms with Gasteiger partial charge in [-0.25, -0.2) is 17.5 Å². The van der Waals surface area contributed by atoms with Crippen molar-refractivity contribution in [2.45, 2.75) is 23.8 Å². The Labute approximate surface area is 114 Å². The zero-order valence-corrected chi connectivity index (χ0v) is 12.0. The molecule has 1 unspecified atom stereocenters. The number of hydrogen-bond acceptors (Lipinski definition) is 3. The Morgan fingerprint density at radius 2 is 2.28 bits per heavy atom. The van der Waals surface area contributed by atoms with Crippen LogP contribution >= 0.6 is 15.9 Å². The smallest absolute Gasteiger partial charge is 0.243 e. The first-order chi connectivity index (χ1) is 8.49. The van der Waals surface area contributed by atoms with Crippen LogP contribution < -0.4 is 10.0 Å².